The Hall–Kier alpha value is -3.21. The van der Waals surface area contributed by atoms with E-state index in [1.807, 2.05) is 67.6 Å². The number of nitrogens with zero attached hydrogens (tertiary/aromatic N) is 3. The first-order valence-corrected chi connectivity index (χ1v) is 8.62. The third kappa shape index (κ3) is 4.25. The van der Waals surface area contributed by atoms with Gasteiger partial charge in [-0.15, -0.1) is 0 Å². The van der Waals surface area contributed by atoms with E-state index < -0.39 is 0 Å². The van der Waals surface area contributed by atoms with Crippen LogP contribution in [0.1, 0.15) is 28.5 Å². The highest BCUT2D eigenvalue weighted by atomic mass is 16.2. The van der Waals surface area contributed by atoms with Crippen molar-refractivity contribution in [1.82, 2.24) is 14.7 Å². The van der Waals surface area contributed by atoms with E-state index in [-0.39, 0.29) is 17.2 Å². The Balaban J connectivity index is 1.91. The van der Waals surface area contributed by atoms with Crippen molar-refractivity contribution >= 4 is 5.91 Å². The van der Waals surface area contributed by atoms with Gasteiger partial charge in [0, 0.05) is 25.7 Å². The number of amides is 1. The van der Waals surface area contributed by atoms with Crippen LogP contribution >= 0.6 is 0 Å². The number of hydrogen-bond acceptors (Lipinski definition) is 3. The van der Waals surface area contributed by atoms with Crippen LogP contribution in [0, 0.1) is 0 Å². The summed E-state index contributed by atoms with van der Waals surface area (Å²) in [6, 6.07) is 22.6. The van der Waals surface area contributed by atoms with Gasteiger partial charge in [-0.25, -0.2) is 4.68 Å². The van der Waals surface area contributed by atoms with E-state index in [1.54, 1.807) is 4.90 Å². The van der Waals surface area contributed by atoms with Gasteiger partial charge in [-0.3, -0.25) is 9.59 Å². The van der Waals surface area contributed by atoms with Gasteiger partial charge in [0.05, 0.1) is 0 Å². The highest BCUT2D eigenvalue weighted by Gasteiger charge is 2.19. The predicted octanol–water partition coefficient (Wildman–Crippen LogP) is 3.11. The summed E-state index contributed by atoms with van der Waals surface area (Å²) < 4.78 is 1.30. The lowest BCUT2D eigenvalue weighted by Gasteiger charge is -2.23. The van der Waals surface area contributed by atoms with Crippen LogP contribution in [-0.2, 0) is 19.6 Å². The van der Waals surface area contributed by atoms with E-state index in [0.717, 1.165) is 11.1 Å². The molecule has 0 bridgehead atoms. The summed E-state index contributed by atoms with van der Waals surface area (Å²) in [4.78, 5) is 26.6. The first kappa shape index (κ1) is 17.6. The number of carbonyl (C=O) groups is 1. The van der Waals surface area contributed by atoms with Crippen LogP contribution in [-0.4, -0.2) is 20.6 Å². The maximum Gasteiger partial charge on any atom is 0.274 e. The van der Waals surface area contributed by atoms with Crippen molar-refractivity contribution in [1.29, 1.82) is 0 Å². The number of benzene rings is 2. The van der Waals surface area contributed by atoms with Gasteiger partial charge < -0.3 is 4.90 Å². The van der Waals surface area contributed by atoms with Gasteiger partial charge in [-0.1, -0.05) is 60.7 Å². The quantitative estimate of drug-likeness (QED) is 0.688. The van der Waals surface area contributed by atoms with Gasteiger partial charge in [0.25, 0.3) is 11.5 Å². The minimum Gasteiger partial charge on any atom is -0.329 e. The normalized spacial score (nSPS) is 10.5. The fraction of sp³-hybridized carbons (Fsp3) is 0.190. The Morgan fingerprint density at radius 1 is 0.885 bits per heavy atom. The lowest BCUT2D eigenvalue weighted by molar-refractivity contribution is 0.0721. The number of aromatic nitrogens is 2. The van der Waals surface area contributed by atoms with Gasteiger partial charge in [-0.05, 0) is 24.1 Å². The third-order valence-electron chi connectivity index (χ3n) is 4.11. The van der Waals surface area contributed by atoms with Crippen molar-refractivity contribution in [2.45, 2.75) is 26.6 Å². The first-order valence-electron chi connectivity index (χ1n) is 8.62. The fourth-order valence-electron chi connectivity index (χ4n) is 2.76. The monoisotopic (exact) mass is 347 g/mol. The molecule has 0 aliphatic carbocycles. The summed E-state index contributed by atoms with van der Waals surface area (Å²) >= 11 is 0. The largest absolute Gasteiger partial charge is 0.329 e. The Morgan fingerprint density at radius 3 is 1.92 bits per heavy atom. The molecule has 1 amide bonds. The topological polar surface area (TPSA) is 55.2 Å². The van der Waals surface area contributed by atoms with Crippen LogP contribution in [0.3, 0.4) is 0 Å². The molecule has 0 N–H and O–H groups in total. The molecule has 0 saturated carbocycles. The molecule has 0 fully saturated rings. The zero-order chi connectivity index (χ0) is 18.4. The molecule has 2 aromatic carbocycles. The SMILES string of the molecule is CCn1nc(C(=O)N(Cc2ccccc2)Cc2ccccc2)ccc1=O. The van der Waals surface area contributed by atoms with E-state index >= 15 is 0 Å². The molecule has 3 rings (SSSR count). The molecular weight excluding hydrogens is 326 g/mol. The second kappa shape index (κ2) is 8.25. The highest BCUT2D eigenvalue weighted by Crippen LogP contribution is 2.13. The van der Waals surface area contributed by atoms with E-state index in [9.17, 15) is 9.59 Å². The Morgan fingerprint density at radius 2 is 1.42 bits per heavy atom. The molecule has 0 spiro atoms. The molecule has 132 valence electrons. The van der Waals surface area contributed by atoms with E-state index in [1.165, 1.54) is 16.8 Å². The molecule has 26 heavy (non-hydrogen) atoms. The van der Waals surface area contributed by atoms with Crippen LogP contribution in [0.5, 0.6) is 0 Å². The lowest BCUT2D eigenvalue weighted by atomic mass is 10.1. The molecule has 0 unspecified atom stereocenters. The number of aryl methyl sites for hydroxylation is 1. The molecular formula is C21H21N3O2. The molecule has 0 atom stereocenters. The first-order chi connectivity index (χ1) is 12.7. The Labute approximate surface area is 152 Å². The summed E-state index contributed by atoms with van der Waals surface area (Å²) in [6.07, 6.45) is 0. The van der Waals surface area contributed by atoms with Crippen LogP contribution in [0.2, 0.25) is 0 Å². The van der Waals surface area contributed by atoms with Crippen molar-refractivity contribution in [2.75, 3.05) is 0 Å². The molecule has 0 saturated heterocycles. The van der Waals surface area contributed by atoms with Crippen LogP contribution in [0.4, 0.5) is 0 Å². The lowest BCUT2D eigenvalue weighted by Crippen LogP contribution is -2.33. The molecule has 0 radical (unpaired) electrons. The molecule has 0 aliphatic rings. The zero-order valence-electron chi connectivity index (χ0n) is 14.7. The van der Waals surface area contributed by atoms with Crippen molar-refractivity contribution in [3.8, 4) is 0 Å². The third-order valence-corrected chi connectivity index (χ3v) is 4.11. The summed E-state index contributed by atoms with van der Waals surface area (Å²) in [6.45, 7) is 3.20. The molecule has 0 aliphatic heterocycles. The van der Waals surface area contributed by atoms with Crippen LogP contribution in [0.25, 0.3) is 0 Å². The second-order valence-electron chi connectivity index (χ2n) is 6.00. The maximum absolute atomic E-state index is 13.1. The minimum atomic E-state index is -0.207. The minimum absolute atomic E-state index is 0.195. The molecule has 5 heteroatoms. The average Bonchev–Trinajstić information content (AvgIpc) is 2.69. The van der Waals surface area contributed by atoms with E-state index in [4.69, 9.17) is 0 Å². The summed E-state index contributed by atoms with van der Waals surface area (Å²) in [7, 11) is 0. The van der Waals surface area contributed by atoms with Crippen molar-refractivity contribution in [3.63, 3.8) is 0 Å². The molecule has 5 nitrogen and oxygen atoms in total. The number of rotatable bonds is 6. The summed E-state index contributed by atoms with van der Waals surface area (Å²) in [5.74, 6) is -0.195. The molecule has 1 heterocycles. The van der Waals surface area contributed by atoms with Crippen molar-refractivity contribution in [3.05, 3.63) is 100.0 Å². The van der Waals surface area contributed by atoms with Crippen LogP contribution in [0.15, 0.2) is 77.6 Å². The number of carbonyl (C=O) groups excluding carboxylic acids is 1. The van der Waals surface area contributed by atoms with Gasteiger partial charge in [0.1, 0.15) is 5.69 Å². The van der Waals surface area contributed by atoms with Crippen molar-refractivity contribution < 1.29 is 4.79 Å². The second-order valence-corrected chi connectivity index (χ2v) is 6.00. The summed E-state index contributed by atoms with van der Waals surface area (Å²) in [5, 5.41) is 4.21. The Bertz CT molecular complexity index is 879. The zero-order valence-corrected chi connectivity index (χ0v) is 14.7. The maximum atomic E-state index is 13.1. The van der Waals surface area contributed by atoms with Crippen LogP contribution < -0.4 is 5.56 Å². The van der Waals surface area contributed by atoms with E-state index in [0.29, 0.717) is 19.6 Å². The predicted molar refractivity (Wildman–Crippen MR) is 101 cm³/mol. The summed E-state index contributed by atoms with van der Waals surface area (Å²) in [5.41, 5.74) is 2.15. The Kier molecular flexibility index (Phi) is 5.59. The fourth-order valence-corrected chi connectivity index (χ4v) is 2.76. The average molecular weight is 347 g/mol. The highest BCUT2D eigenvalue weighted by molar-refractivity contribution is 5.92. The molecule has 3 aromatic rings. The van der Waals surface area contributed by atoms with Gasteiger partial charge in [0.15, 0.2) is 0 Å². The smallest absolute Gasteiger partial charge is 0.274 e. The van der Waals surface area contributed by atoms with Gasteiger partial charge >= 0.3 is 0 Å². The van der Waals surface area contributed by atoms with E-state index in [2.05, 4.69) is 5.10 Å². The molecule has 1 aromatic heterocycles. The number of hydrogen-bond donors (Lipinski definition) is 0. The van der Waals surface area contributed by atoms with Crippen molar-refractivity contribution in [2.24, 2.45) is 0 Å². The van der Waals surface area contributed by atoms with Gasteiger partial charge in [0.2, 0.25) is 0 Å². The standard InChI is InChI=1S/C21H21N3O2/c1-2-24-20(25)14-13-19(22-24)21(26)23(15-17-9-5-3-6-10-17)16-18-11-7-4-8-12-18/h3-14H,2,15-16H2,1H3. The van der Waals surface area contributed by atoms with Gasteiger partial charge in [-0.2, -0.15) is 5.10 Å².